The van der Waals surface area contributed by atoms with Gasteiger partial charge in [0, 0.05) is 24.2 Å². The lowest BCUT2D eigenvalue weighted by molar-refractivity contribution is -0.0296. The summed E-state index contributed by atoms with van der Waals surface area (Å²) in [4.78, 5) is 32.3. The Morgan fingerprint density at radius 2 is 1.94 bits per heavy atom. The van der Waals surface area contributed by atoms with Crippen LogP contribution >= 0.6 is 0 Å². The van der Waals surface area contributed by atoms with Crippen molar-refractivity contribution in [2.75, 3.05) is 20.2 Å². The molecule has 0 aliphatic carbocycles. The van der Waals surface area contributed by atoms with Crippen molar-refractivity contribution in [1.29, 1.82) is 0 Å². The Morgan fingerprint density at radius 3 is 2.63 bits per heavy atom. The zero-order chi connectivity index (χ0) is 24.6. The van der Waals surface area contributed by atoms with Crippen LogP contribution in [0.2, 0.25) is 0 Å². The molecule has 1 aliphatic heterocycles. The topological polar surface area (TPSA) is 113 Å². The van der Waals surface area contributed by atoms with E-state index in [9.17, 15) is 19.1 Å². The molecule has 0 radical (unpaired) electrons. The maximum absolute atomic E-state index is 14.1. The Labute approximate surface area is 199 Å². The van der Waals surface area contributed by atoms with Crippen LogP contribution in [-0.2, 0) is 6.54 Å². The number of hydrogen-bond acceptors (Lipinski definition) is 6. The molecule has 9 nitrogen and oxygen atoms in total. The van der Waals surface area contributed by atoms with E-state index in [0.717, 1.165) is 11.6 Å². The third kappa shape index (κ3) is 4.28. The summed E-state index contributed by atoms with van der Waals surface area (Å²) in [6.45, 7) is 0.545. The highest BCUT2D eigenvalue weighted by atomic mass is 19.1. The number of carbonyl (C=O) groups excluding carboxylic acids is 1. The number of nitrogens with one attached hydrogen (secondary N) is 1. The number of methoxy groups -OCH3 is 1. The summed E-state index contributed by atoms with van der Waals surface area (Å²) in [5.41, 5.74) is -0.203. The van der Waals surface area contributed by atoms with Gasteiger partial charge in [-0.2, -0.15) is 5.10 Å². The van der Waals surface area contributed by atoms with Crippen LogP contribution in [0.3, 0.4) is 0 Å². The lowest BCUT2D eigenvalue weighted by atomic mass is 9.90. The molecule has 10 heteroatoms. The Bertz CT molecular complexity index is 1440. The second kappa shape index (κ2) is 8.95. The number of benzene rings is 2. The highest BCUT2D eigenvalue weighted by Crippen LogP contribution is 2.28. The van der Waals surface area contributed by atoms with Gasteiger partial charge in [-0.3, -0.25) is 19.3 Å². The van der Waals surface area contributed by atoms with Crippen LogP contribution in [0.4, 0.5) is 4.39 Å². The summed E-state index contributed by atoms with van der Waals surface area (Å²) < 4.78 is 20.5. The average Bonchev–Trinajstić information content (AvgIpc) is 3.35. The van der Waals surface area contributed by atoms with Gasteiger partial charge in [0.05, 0.1) is 25.5 Å². The number of carbonyl (C=O) groups is 1. The summed E-state index contributed by atoms with van der Waals surface area (Å²) in [6.07, 6.45) is 1.93. The van der Waals surface area contributed by atoms with Crippen LogP contribution in [-0.4, -0.2) is 61.5 Å². The first-order valence-electron chi connectivity index (χ1n) is 11.2. The number of ether oxygens (including phenoxy) is 1. The van der Waals surface area contributed by atoms with Gasteiger partial charge in [-0.05, 0) is 31.0 Å². The summed E-state index contributed by atoms with van der Waals surface area (Å²) in [5, 5.41) is 18.4. The zero-order valence-electron chi connectivity index (χ0n) is 19.1. The molecule has 5 rings (SSSR count). The Hall–Kier alpha value is -4.05. The number of fused-ring (bicyclic) bond motifs is 1. The summed E-state index contributed by atoms with van der Waals surface area (Å²) in [6, 6.07) is 13.4. The molecular weight excluding hydrogens is 453 g/mol. The van der Waals surface area contributed by atoms with Crippen molar-refractivity contribution in [2.24, 2.45) is 0 Å². The zero-order valence-corrected chi connectivity index (χ0v) is 19.1. The minimum Gasteiger partial charge on any atom is -0.494 e. The maximum Gasteiger partial charge on any atom is 0.265 e. The first kappa shape index (κ1) is 22.7. The van der Waals surface area contributed by atoms with E-state index >= 15 is 0 Å². The number of nitrogens with zero attached hydrogens (tertiary/aromatic N) is 4. The number of likely N-dealkylation sites (tertiary alicyclic amines) is 1. The number of halogens is 1. The third-order valence-electron chi connectivity index (χ3n) is 6.43. The fourth-order valence-electron chi connectivity index (χ4n) is 4.44. The largest absolute Gasteiger partial charge is 0.494 e. The molecule has 0 spiro atoms. The van der Waals surface area contributed by atoms with Crippen LogP contribution in [0, 0.1) is 5.82 Å². The van der Waals surface area contributed by atoms with Crippen molar-refractivity contribution >= 4 is 16.9 Å². The lowest BCUT2D eigenvalue weighted by Gasteiger charge is -2.38. The molecule has 0 unspecified atom stereocenters. The molecule has 2 N–H and O–H groups in total. The molecule has 2 aromatic carbocycles. The van der Waals surface area contributed by atoms with E-state index in [-0.39, 0.29) is 55.3 Å². The first-order chi connectivity index (χ1) is 16.9. The monoisotopic (exact) mass is 477 g/mol. The van der Waals surface area contributed by atoms with Gasteiger partial charge in [-0.25, -0.2) is 9.37 Å². The van der Waals surface area contributed by atoms with Gasteiger partial charge >= 0.3 is 0 Å². The quantitative estimate of drug-likeness (QED) is 0.457. The number of rotatable bonds is 5. The molecule has 1 aliphatic rings. The molecule has 180 valence electrons. The molecule has 3 heterocycles. The van der Waals surface area contributed by atoms with E-state index in [1.165, 1.54) is 30.0 Å². The maximum atomic E-state index is 14.1. The molecule has 0 saturated carbocycles. The van der Waals surface area contributed by atoms with Crippen LogP contribution in [0.15, 0.2) is 59.5 Å². The Kier molecular flexibility index (Phi) is 5.81. The van der Waals surface area contributed by atoms with Gasteiger partial charge in [0.25, 0.3) is 11.5 Å². The number of H-pyrrole nitrogens is 1. The smallest absolute Gasteiger partial charge is 0.265 e. The van der Waals surface area contributed by atoms with E-state index in [1.54, 1.807) is 4.90 Å². The number of amides is 1. The van der Waals surface area contributed by atoms with E-state index in [1.807, 2.05) is 30.3 Å². The minimum atomic E-state index is -1.23. The average molecular weight is 477 g/mol. The lowest BCUT2D eigenvalue weighted by Crippen LogP contribution is -2.50. The highest BCUT2D eigenvalue weighted by molar-refractivity contribution is 5.94. The fraction of sp³-hybridized carbons (Fsp3) is 0.280. The van der Waals surface area contributed by atoms with Crippen molar-refractivity contribution < 1.29 is 19.0 Å². The highest BCUT2D eigenvalue weighted by Gasteiger charge is 2.36. The molecular formula is C25H24FN5O4. The van der Waals surface area contributed by atoms with E-state index in [4.69, 9.17) is 4.74 Å². The van der Waals surface area contributed by atoms with Crippen molar-refractivity contribution in [1.82, 2.24) is 24.6 Å². The van der Waals surface area contributed by atoms with Crippen LogP contribution in [0.25, 0.3) is 22.4 Å². The molecule has 1 fully saturated rings. The second-order valence-electron chi connectivity index (χ2n) is 8.69. The van der Waals surface area contributed by atoms with Gasteiger partial charge in [-0.1, -0.05) is 30.3 Å². The minimum absolute atomic E-state index is 0.0172. The van der Waals surface area contributed by atoms with E-state index in [2.05, 4.69) is 15.2 Å². The molecule has 35 heavy (non-hydrogen) atoms. The van der Waals surface area contributed by atoms with Crippen molar-refractivity contribution in [2.45, 2.75) is 25.0 Å². The van der Waals surface area contributed by atoms with Gasteiger partial charge in [-0.15, -0.1) is 0 Å². The normalized spacial score (nSPS) is 15.3. The van der Waals surface area contributed by atoms with Crippen molar-refractivity contribution in [3.8, 4) is 17.1 Å². The van der Waals surface area contributed by atoms with Crippen molar-refractivity contribution in [3.63, 3.8) is 0 Å². The van der Waals surface area contributed by atoms with Crippen LogP contribution < -0.4 is 10.3 Å². The molecule has 2 aromatic heterocycles. The Morgan fingerprint density at radius 1 is 1.20 bits per heavy atom. The predicted molar refractivity (Wildman–Crippen MR) is 127 cm³/mol. The van der Waals surface area contributed by atoms with E-state index < -0.39 is 11.4 Å². The second-order valence-corrected chi connectivity index (χ2v) is 8.69. The van der Waals surface area contributed by atoms with Gasteiger partial charge in [0.15, 0.2) is 17.2 Å². The molecule has 1 saturated heterocycles. The van der Waals surface area contributed by atoms with Gasteiger partial charge < -0.3 is 14.7 Å². The number of aliphatic hydroxyl groups is 1. The summed E-state index contributed by atoms with van der Waals surface area (Å²) >= 11 is 0. The van der Waals surface area contributed by atoms with Gasteiger partial charge in [0.2, 0.25) is 0 Å². The molecule has 4 aromatic rings. The van der Waals surface area contributed by atoms with Crippen molar-refractivity contribution in [3.05, 3.63) is 76.5 Å². The predicted octanol–water partition coefficient (Wildman–Crippen LogP) is 2.60. The molecule has 1 amide bonds. The number of hydrogen-bond donors (Lipinski definition) is 2. The summed E-state index contributed by atoms with van der Waals surface area (Å²) in [5.74, 6) is -0.440. The molecule has 0 atom stereocenters. The third-order valence-corrected chi connectivity index (χ3v) is 6.43. The SMILES string of the molecule is COc1ccc(C(=O)N2CCC(O)(Cn3c(-c4ccccc4)nc4[nH]ncc4c3=O)CC2)cc1F. The van der Waals surface area contributed by atoms with Crippen LogP contribution in [0.5, 0.6) is 5.75 Å². The van der Waals surface area contributed by atoms with E-state index in [0.29, 0.717) is 16.9 Å². The summed E-state index contributed by atoms with van der Waals surface area (Å²) in [7, 11) is 1.36. The molecule has 0 bridgehead atoms. The number of piperidine rings is 1. The standard InChI is InChI=1S/C25H24FN5O4/c1-35-20-8-7-17(13-19(20)26)23(32)30-11-9-25(34,10-12-30)15-31-22(16-5-3-2-4-6-16)28-21-18(24(31)33)14-27-29-21/h2-8,13-14,34H,9-12,15H2,1H3,(H,27,29). The van der Waals surface area contributed by atoms with Gasteiger partial charge in [0.1, 0.15) is 11.2 Å². The number of aromatic amines is 1. The number of aromatic nitrogens is 4. The fourth-order valence-corrected chi connectivity index (χ4v) is 4.44. The Balaban J connectivity index is 1.39. The first-order valence-corrected chi connectivity index (χ1v) is 11.2. The van der Waals surface area contributed by atoms with Crippen LogP contribution in [0.1, 0.15) is 23.2 Å².